The van der Waals surface area contributed by atoms with Crippen LogP contribution in [0.25, 0.3) is 0 Å². The molecule has 17 heavy (non-hydrogen) atoms. The molecule has 0 aliphatic carbocycles. The Morgan fingerprint density at radius 2 is 2.24 bits per heavy atom. The zero-order valence-electron chi connectivity index (χ0n) is 9.38. The van der Waals surface area contributed by atoms with Crippen molar-refractivity contribution in [3.63, 3.8) is 0 Å². The Morgan fingerprint density at radius 1 is 1.47 bits per heavy atom. The van der Waals surface area contributed by atoms with Crippen LogP contribution in [0.3, 0.4) is 0 Å². The lowest BCUT2D eigenvalue weighted by molar-refractivity contribution is 0.215. The van der Waals surface area contributed by atoms with Crippen LogP contribution >= 0.6 is 0 Å². The molecule has 0 aromatic carbocycles. The number of pyridine rings is 1. The number of nitrogens with zero attached hydrogens (tertiary/aromatic N) is 2. The maximum atomic E-state index is 11.3. The Labute approximate surface area is 99.6 Å². The molecule has 1 aromatic heterocycles. The molecular weight excluding hydrogens is 242 g/mol. The number of rotatable bonds is 3. The van der Waals surface area contributed by atoms with Gasteiger partial charge in [-0.15, -0.1) is 0 Å². The largest absolute Gasteiger partial charge is 0.336 e. The summed E-state index contributed by atoms with van der Waals surface area (Å²) in [5.74, 6) is 0. The van der Waals surface area contributed by atoms with E-state index in [0.717, 1.165) is 6.26 Å². The number of nitrogens with one attached hydrogen (secondary N) is 1. The van der Waals surface area contributed by atoms with E-state index in [1.165, 1.54) is 12.3 Å². The van der Waals surface area contributed by atoms with Crippen molar-refractivity contribution in [1.29, 1.82) is 0 Å². The number of aromatic nitrogens is 1. The Balaban J connectivity index is 2.11. The Morgan fingerprint density at radius 3 is 2.71 bits per heavy atom. The predicted molar refractivity (Wildman–Crippen MR) is 61.2 cm³/mol. The van der Waals surface area contributed by atoms with Crippen molar-refractivity contribution in [2.75, 3.05) is 19.3 Å². The van der Waals surface area contributed by atoms with Crippen LogP contribution in [0.5, 0.6) is 0 Å². The lowest BCUT2D eigenvalue weighted by Gasteiger charge is -2.13. The Bertz CT molecular complexity index is 524. The lowest BCUT2D eigenvalue weighted by Crippen LogP contribution is -2.27. The summed E-state index contributed by atoms with van der Waals surface area (Å²) in [7, 11) is -3.21. The molecule has 7 heteroatoms. The second kappa shape index (κ2) is 4.33. The third kappa shape index (κ3) is 2.73. The minimum atomic E-state index is -3.21. The van der Waals surface area contributed by atoms with Crippen molar-refractivity contribution < 1.29 is 13.2 Å². The highest BCUT2D eigenvalue weighted by molar-refractivity contribution is 7.90. The fourth-order valence-corrected chi connectivity index (χ4v) is 2.14. The number of amides is 2. The fourth-order valence-electron chi connectivity index (χ4n) is 1.58. The summed E-state index contributed by atoms with van der Waals surface area (Å²) in [6.07, 6.45) is 2.45. The number of sulfone groups is 1. The average Bonchev–Trinajstić information content (AvgIpc) is 2.64. The number of carbonyl (C=O) groups excluding carboxylic acids is 1. The van der Waals surface area contributed by atoms with Gasteiger partial charge < -0.3 is 10.2 Å². The first-order valence-corrected chi connectivity index (χ1v) is 7.04. The third-order valence-electron chi connectivity index (χ3n) is 2.52. The van der Waals surface area contributed by atoms with Crippen LogP contribution in [0.15, 0.2) is 23.2 Å². The first-order chi connectivity index (χ1) is 7.97. The van der Waals surface area contributed by atoms with Crippen LogP contribution in [0.4, 0.5) is 4.79 Å². The van der Waals surface area contributed by atoms with Crippen LogP contribution in [-0.2, 0) is 16.4 Å². The third-order valence-corrected chi connectivity index (χ3v) is 3.62. The number of urea groups is 1. The van der Waals surface area contributed by atoms with Gasteiger partial charge in [0.05, 0.1) is 17.1 Å². The molecule has 2 rings (SSSR count). The molecule has 0 spiro atoms. The van der Waals surface area contributed by atoms with Gasteiger partial charge in [0.15, 0.2) is 9.84 Å². The second-order valence-corrected chi connectivity index (χ2v) is 5.93. The van der Waals surface area contributed by atoms with E-state index in [4.69, 9.17) is 0 Å². The molecule has 1 aliphatic heterocycles. The fraction of sp³-hybridized carbons (Fsp3) is 0.400. The Kier molecular flexibility index (Phi) is 3.01. The molecule has 0 radical (unpaired) electrons. The molecule has 0 bridgehead atoms. The monoisotopic (exact) mass is 255 g/mol. The smallest absolute Gasteiger partial charge is 0.317 e. The number of carbonyl (C=O) groups is 1. The van der Waals surface area contributed by atoms with Gasteiger partial charge in [-0.3, -0.25) is 4.98 Å². The summed E-state index contributed by atoms with van der Waals surface area (Å²) >= 11 is 0. The van der Waals surface area contributed by atoms with Crippen molar-refractivity contribution in [3.05, 3.63) is 24.0 Å². The minimum Gasteiger partial charge on any atom is -0.336 e. The highest BCUT2D eigenvalue weighted by Gasteiger charge is 2.19. The number of hydrogen-bond donors (Lipinski definition) is 1. The maximum absolute atomic E-state index is 11.3. The highest BCUT2D eigenvalue weighted by Crippen LogP contribution is 2.10. The van der Waals surface area contributed by atoms with Gasteiger partial charge in [0, 0.05) is 25.5 Å². The SMILES string of the molecule is CS(=O)(=O)c1ccc(CN2CCNC2=O)nc1. The van der Waals surface area contributed by atoms with Gasteiger partial charge in [0.25, 0.3) is 0 Å². The number of hydrogen-bond acceptors (Lipinski definition) is 4. The molecule has 0 unspecified atom stereocenters. The van der Waals surface area contributed by atoms with Crippen molar-refractivity contribution in [2.45, 2.75) is 11.4 Å². The minimum absolute atomic E-state index is 0.112. The van der Waals surface area contributed by atoms with Crippen LogP contribution in [0.2, 0.25) is 0 Å². The molecule has 6 nitrogen and oxygen atoms in total. The average molecular weight is 255 g/mol. The van der Waals surface area contributed by atoms with Crippen molar-refractivity contribution >= 4 is 15.9 Å². The molecule has 0 atom stereocenters. The molecule has 1 saturated heterocycles. The van der Waals surface area contributed by atoms with Gasteiger partial charge in [0.1, 0.15) is 0 Å². The first-order valence-electron chi connectivity index (χ1n) is 5.14. The van der Waals surface area contributed by atoms with Gasteiger partial charge in [-0.25, -0.2) is 13.2 Å². The molecule has 2 amide bonds. The maximum Gasteiger partial charge on any atom is 0.317 e. The molecule has 1 aromatic rings. The van der Waals surface area contributed by atoms with Crippen LogP contribution < -0.4 is 5.32 Å². The molecule has 92 valence electrons. The van der Waals surface area contributed by atoms with E-state index in [1.54, 1.807) is 11.0 Å². The normalized spacial score (nSPS) is 16.1. The predicted octanol–water partition coefficient (Wildman–Crippen LogP) is 0.0103. The van der Waals surface area contributed by atoms with Crippen molar-refractivity contribution in [2.24, 2.45) is 0 Å². The molecule has 0 saturated carbocycles. The lowest BCUT2D eigenvalue weighted by atomic mass is 10.3. The quantitative estimate of drug-likeness (QED) is 0.825. The van der Waals surface area contributed by atoms with Crippen LogP contribution in [0, 0.1) is 0 Å². The van der Waals surface area contributed by atoms with E-state index >= 15 is 0 Å². The summed E-state index contributed by atoms with van der Waals surface area (Å²) in [6.45, 7) is 1.68. The topological polar surface area (TPSA) is 79.4 Å². The van der Waals surface area contributed by atoms with E-state index in [1.807, 2.05) is 0 Å². The van der Waals surface area contributed by atoms with Gasteiger partial charge in [-0.05, 0) is 12.1 Å². The summed E-state index contributed by atoms with van der Waals surface area (Å²) in [5, 5.41) is 2.69. The Hall–Kier alpha value is -1.63. The summed E-state index contributed by atoms with van der Waals surface area (Å²) in [4.78, 5) is 17.2. The van der Waals surface area contributed by atoms with Gasteiger partial charge in [0.2, 0.25) is 0 Å². The van der Waals surface area contributed by atoms with E-state index in [-0.39, 0.29) is 10.9 Å². The van der Waals surface area contributed by atoms with Crippen LogP contribution in [-0.4, -0.2) is 43.7 Å². The molecule has 1 aliphatic rings. The van der Waals surface area contributed by atoms with E-state index < -0.39 is 9.84 Å². The highest BCUT2D eigenvalue weighted by atomic mass is 32.2. The standard InChI is InChI=1S/C10H13N3O3S/c1-17(15,16)9-3-2-8(12-6-9)7-13-5-4-11-10(13)14/h2-3,6H,4-5,7H2,1H3,(H,11,14). The van der Waals surface area contributed by atoms with E-state index in [0.29, 0.717) is 25.3 Å². The zero-order chi connectivity index (χ0) is 12.5. The van der Waals surface area contributed by atoms with Crippen molar-refractivity contribution in [1.82, 2.24) is 15.2 Å². The van der Waals surface area contributed by atoms with Gasteiger partial charge in [-0.1, -0.05) is 0 Å². The molecular formula is C10H13N3O3S. The zero-order valence-corrected chi connectivity index (χ0v) is 10.2. The van der Waals surface area contributed by atoms with Gasteiger partial charge >= 0.3 is 6.03 Å². The van der Waals surface area contributed by atoms with E-state index in [9.17, 15) is 13.2 Å². The summed E-state index contributed by atoms with van der Waals surface area (Å²) < 4.78 is 22.5. The van der Waals surface area contributed by atoms with E-state index in [2.05, 4.69) is 10.3 Å². The molecule has 1 N–H and O–H groups in total. The first kappa shape index (κ1) is 11.8. The van der Waals surface area contributed by atoms with Gasteiger partial charge in [-0.2, -0.15) is 0 Å². The van der Waals surface area contributed by atoms with Crippen LogP contribution in [0.1, 0.15) is 5.69 Å². The molecule has 1 fully saturated rings. The summed E-state index contributed by atoms with van der Waals surface area (Å²) in [6, 6.07) is 3.02. The second-order valence-electron chi connectivity index (χ2n) is 3.91. The van der Waals surface area contributed by atoms with Crippen molar-refractivity contribution in [3.8, 4) is 0 Å². The molecule has 2 heterocycles. The summed E-state index contributed by atoms with van der Waals surface area (Å²) in [5.41, 5.74) is 0.675.